The van der Waals surface area contributed by atoms with Crippen LogP contribution in [0.4, 0.5) is 0 Å². The maximum atomic E-state index is 9.05. The van der Waals surface area contributed by atoms with Gasteiger partial charge in [-0.3, -0.25) is 0 Å². The van der Waals surface area contributed by atoms with Gasteiger partial charge in [0.1, 0.15) is 10.5 Å². The molecule has 2 aliphatic heterocycles. The number of nitriles is 1. The Kier molecular flexibility index (Phi) is 1.67. The van der Waals surface area contributed by atoms with Crippen molar-refractivity contribution in [3.05, 3.63) is 12.2 Å². The van der Waals surface area contributed by atoms with Crippen LogP contribution in [0.15, 0.2) is 17.3 Å². The highest BCUT2D eigenvalue weighted by Gasteiger charge is 2.48. The van der Waals surface area contributed by atoms with Gasteiger partial charge in [-0.05, 0) is 19.8 Å². The number of thioether (sulfide) groups is 1. The zero-order chi connectivity index (χ0) is 9.53. The summed E-state index contributed by atoms with van der Waals surface area (Å²) in [7, 11) is 0. The zero-order valence-electron chi connectivity index (χ0n) is 7.32. The molecular formula is C9H10N2OS. The molecule has 2 bridgehead atoms. The molecule has 0 radical (unpaired) electrons. The lowest BCUT2D eigenvalue weighted by Crippen LogP contribution is -2.42. The predicted octanol–water partition coefficient (Wildman–Crippen LogP) is 2.14. The van der Waals surface area contributed by atoms with Crippen LogP contribution in [-0.2, 0) is 0 Å². The SMILES string of the molecule is CC12C=CC(C#N)(CC1)C(=NO)S2. The highest BCUT2D eigenvalue weighted by molar-refractivity contribution is 8.15. The minimum atomic E-state index is -0.642. The van der Waals surface area contributed by atoms with Gasteiger partial charge in [0.25, 0.3) is 0 Å². The summed E-state index contributed by atoms with van der Waals surface area (Å²) in [6.07, 6.45) is 5.67. The van der Waals surface area contributed by atoms with Gasteiger partial charge in [-0.25, -0.2) is 0 Å². The molecule has 1 aliphatic carbocycles. The largest absolute Gasteiger partial charge is 0.410 e. The minimum Gasteiger partial charge on any atom is -0.410 e. The van der Waals surface area contributed by atoms with Crippen molar-refractivity contribution in [3.63, 3.8) is 0 Å². The summed E-state index contributed by atoms with van der Waals surface area (Å²) in [6, 6.07) is 2.22. The van der Waals surface area contributed by atoms with Crippen molar-refractivity contribution in [1.29, 1.82) is 5.26 Å². The maximum Gasteiger partial charge on any atom is 0.137 e. The molecule has 0 aromatic carbocycles. The fraction of sp³-hybridized carbons (Fsp3) is 0.556. The van der Waals surface area contributed by atoms with E-state index in [1.165, 1.54) is 11.8 Å². The Morgan fingerprint density at radius 3 is 2.85 bits per heavy atom. The highest BCUT2D eigenvalue weighted by atomic mass is 32.2. The molecule has 3 rings (SSSR count). The van der Waals surface area contributed by atoms with Crippen LogP contribution in [0.1, 0.15) is 19.8 Å². The van der Waals surface area contributed by atoms with E-state index in [-0.39, 0.29) is 4.75 Å². The second-order valence-corrected chi connectivity index (χ2v) is 5.26. The monoisotopic (exact) mass is 194 g/mol. The van der Waals surface area contributed by atoms with E-state index >= 15 is 0 Å². The third-order valence-electron chi connectivity index (χ3n) is 2.74. The molecule has 2 atom stereocenters. The van der Waals surface area contributed by atoms with E-state index in [9.17, 15) is 0 Å². The lowest BCUT2D eigenvalue weighted by molar-refractivity contribution is 0.313. The van der Waals surface area contributed by atoms with Gasteiger partial charge in [-0.1, -0.05) is 29.1 Å². The van der Waals surface area contributed by atoms with Crippen LogP contribution in [0.25, 0.3) is 0 Å². The third kappa shape index (κ3) is 1.07. The first kappa shape index (κ1) is 8.64. The Morgan fingerprint density at radius 1 is 1.62 bits per heavy atom. The molecule has 3 aliphatic rings. The van der Waals surface area contributed by atoms with Crippen molar-refractivity contribution >= 4 is 16.8 Å². The molecule has 0 saturated carbocycles. The molecule has 2 heterocycles. The number of rotatable bonds is 0. The molecule has 13 heavy (non-hydrogen) atoms. The Bertz CT molecular complexity index is 344. The molecular weight excluding hydrogens is 184 g/mol. The summed E-state index contributed by atoms with van der Waals surface area (Å²) in [5.74, 6) is 0. The molecule has 3 nitrogen and oxygen atoms in total. The van der Waals surface area contributed by atoms with Crippen LogP contribution in [-0.4, -0.2) is 15.0 Å². The molecule has 0 spiro atoms. The molecule has 4 heteroatoms. The number of oxime groups is 1. The normalized spacial score (nSPS) is 45.1. The quantitative estimate of drug-likeness (QED) is 0.365. The summed E-state index contributed by atoms with van der Waals surface area (Å²) >= 11 is 1.50. The van der Waals surface area contributed by atoms with Gasteiger partial charge in [0.15, 0.2) is 0 Å². The van der Waals surface area contributed by atoms with Gasteiger partial charge in [-0.2, -0.15) is 5.26 Å². The van der Waals surface area contributed by atoms with Gasteiger partial charge < -0.3 is 5.21 Å². The van der Waals surface area contributed by atoms with E-state index < -0.39 is 5.41 Å². The number of hydrogen-bond donors (Lipinski definition) is 1. The van der Waals surface area contributed by atoms with Gasteiger partial charge in [0.05, 0.1) is 6.07 Å². The smallest absolute Gasteiger partial charge is 0.137 e. The first-order valence-electron chi connectivity index (χ1n) is 4.17. The summed E-state index contributed by atoms with van der Waals surface area (Å²) in [4.78, 5) is 0. The summed E-state index contributed by atoms with van der Waals surface area (Å²) in [5, 5.41) is 21.6. The van der Waals surface area contributed by atoms with E-state index in [2.05, 4.69) is 24.2 Å². The maximum absolute atomic E-state index is 9.05. The summed E-state index contributed by atoms with van der Waals surface area (Å²) in [5.41, 5.74) is -0.642. The van der Waals surface area contributed by atoms with Gasteiger partial charge >= 0.3 is 0 Å². The summed E-state index contributed by atoms with van der Waals surface area (Å²) < 4.78 is 0.0279. The van der Waals surface area contributed by atoms with Crippen molar-refractivity contribution < 1.29 is 5.21 Å². The number of hydrogen-bond acceptors (Lipinski definition) is 4. The Morgan fingerprint density at radius 2 is 2.38 bits per heavy atom. The second-order valence-electron chi connectivity index (χ2n) is 3.74. The molecule has 1 saturated heterocycles. The lowest BCUT2D eigenvalue weighted by Gasteiger charge is -2.42. The molecule has 0 aromatic rings. The van der Waals surface area contributed by atoms with Crippen molar-refractivity contribution in [2.45, 2.75) is 24.5 Å². The first-order chi connectivity index (χ1) is 6.14. The van der Waals surface area contributed by atoms with Crippen LogP contribution >= 0.6 is 11.8 Å². The molecule has 1 fully saturated rings. The Labute approximate surface area is 81.1 Å². The number of allylic oxidation sites excluding steroid dienone is 1. The van der Waals surface area contributed by atoms with Gasteiger partial charge in [0, 0.05) is 4.75 Å². The fourth-order valence-corrected chi connectivity index (χ4v) is 2.98. The zero-order valence-corrected chi connectivity index (χ0v) is 8.14. The molecule has 2 unspecified atom stereocenters. The van der Waals surface area contributed by atoms with E-state index in [0.29, 0.717) is 5.04 Å². The standard InChI is InChI=1S/C9H10N2OS/c1-8-2-4-9(6-10,5-3-8)7(11-12)13-8/h2,4,12H,3,5H2,1H3. The Hall–Kier alpha value is -0.950. The molecule has 0 amide bonds. The average molecular weight is 194 g/mol. The van der Waals surface area contributed by atoms with Crippen molar-refractivity contribution in [3.8, 4) is 6.07 Å². The molecule has 68 valence electrons. The highest BCUT2D eigenvalue weighted by Crippen LogP contribution is 2.52. The topological polar surface area (TPSA) is 56.4 Å². The van der Waals surface area contributed by atoms with Crippen LogP contribution in [0.5, 0.6) is 0 Å². The Balaban J connectivity index is 2.51. The lowest BCUT2D eigenvalue weighted by atomic mass is 9.77. The van der Waals surface area contributed by atoms with E-state index in [1.54, 1.807) is 0 Å². The van der Waals surface area contributed by atoms with Crippen LogP contribution in [0, 0.1) is 16.7 Å². The number of nitrogens with zero attached hydrogens (tertiary/aromatic N) is 2. The van der Waals surface area contributed by atoms with Gasteiger partial charge in [0.2, 0.25) is 0 Å². The van der Waals surface area contributed by atoms with Crippen LogP contribution in [0.3, 0.4) is 0 Å². The minimum absolute atomic E-state index is 0.0279. The van der Waals surface area contributed by atoms with E-state index in [4.69, 9.17) is 10.5 Å². The number of fused-ring (bicyclic) bond motifs is 2. The summed E-state index contributed by atoms with van der Waals surface area (Å²) in [6.45, 7) is 2.10. The average Bonchev–Trinajstić information content (AvgIpc) is 2.18. The second kappa shape index (κ2) is 2.52. The van der Waals surface area contributed by atoms with Gasteiger partial charge in [-0.15, -0.1) is 0 Å². The van der Waals surface area contributed by atoms with E-state index in [0.717, 1.165) is 12.8 Å². The first-order valence-corrected chi connectivity index (χ1v) is 4.99. The predicted molar refractivity (Wildman–Crippen MR) is 51.6 cm³/mol. The van der Waals surface area contributed by atoms with E-state index in [1.807, 2.05) is 6.08 Å². The molecule has 0 aromatic heterocycles. The third-order valence-corrected chi connectivity index (χ3v) is 4.18. The van der Waals surface area contributed by atoms with Crippen molar-refractivity contribution in [1.82, 2.24) is 0 Å². The van der Waals surface area contributed by atoms with Crippen molar-refractivity contribution in [2.24, 2.45) is 10.6 Å². The van der Waals surface area contributed by atoms with Crippen LogP contribution < -0.4 is 0 Å². The molecule has 1 N–H and O–H groups in total. The van der Waals surface area contributed by atoms with Crippen molar-refractivity contribution in [2.75, 3.05) is 0 Å². The fourth-order valence-electron chi connectivity index (χ4n) is 1.76. The van der Waals surface area contributed by atoms with Crippen LogP contribution in [0.2, 0.25) is 0 Å².